The van der Waals surface area contributed by atoms with Crippen molar-refractivity contribution in [2.45, 2.75) is 12.4 Å². The molecule has 1 aromatic rings. The lowest BCUT2D eigenvalue weighted by molar-refractivity contribution is -0.0327. The zero-order valence-electron chi connectivity index (χ0n) is 10.2. The van der Waals surface area contributed by atoms with E-state index in [9.17, 15) is 18.0 Å². The summed E-state index contributed by atoms with van der Waals surface area (Å²) in [5, 5.41) is 2.41. The quantitative estimate of drug-likeness (QED) is 0.442. The predicted molar refractivity (Wildman–Crippen MR) is 69.8 cm³/mol. The fourth-order valence-corrected chi connectivity index (χ4v) is 1.84. The van der Waals surface area contributed by atoms with E-state index in [-0.39, 0.29) is 24.1 Å². The maximum Gasteiger partial charge on any atom is 0.441 e. The molecule has 1 aromatic carbocycles. The van der Waals surface area contributed by atoms with Gasteiger partial charge in [-0.1, -0.05) is 6.07 Å². The summed E-state index contributed by atoms with van der Waals surface area (Å²) in [6.07, 6.45) is 0. The minimum atomic E-state index is -4.28. The summed E-state index contributed by atoms with van der Waals surface area (Å²) in [4.78, 5) is 11.8. The Bertz CT molecular complexity index is 451. The number of anilines is 1. The molecule has 19 heavy (non-hydrogen) atoms. The van der Waals surface area contributed by atoms with Crippen LogP contribution >= 0.6 is 11.8 Å². The molecule has 0 spiro atoms. The number of carbonyl (C=O) groups is 1. The van der Waals surface area contributed by atoms with Crippen molar-refractivity contribution in [1.29, 1.82) is 0 Å². The number of halogens is 3. The second-order valence-corrected chi connectivity index (χ2v) is 4.90. The fraction of sp³-hybridized carbons (Fsp3) is 0.364. The number of thioether (sulfide) groups is 1. The highest BCUT2D eigenvalue weighted by molar-refractivity contribution is 8.00. The van der Waals surface area contributed by atoms with Crippen molar-refractivity contribution in [3.05, 3.63) is 29.3 Å². The Kier molecular flexibility index (Phi) is 5.49. The van der Waals surface area contributed by atoms with Crippen molar-refractivity contribution in [1.82, 2.24) is 5.32 Å². The maximum atomic E-state index is 11.9. The minimum Gasteiger partial charge on any atom is -0.351 e. The summed E-state index contributed by atoms with van der Waals surface area (Å²) in [7, 11) is 0. The number of benzene rings is 1. The van der Waals surface area contributed by atoms with Gasteiger partial charge in [0.25, 0.3) is 5.91 Å². The molecule has 0 aliphatic heterocycles. The topological polar surface area (TPSA) is 67.2 Å². The van der Waals surface area contributed by atoms with Gasteiger partial charge in [0.1, 0.15) is 0 Å². The lowest BCUT2D eigenvalue weighted by Crippen LogP contribution is -2.27. The zero-order valence-corrected chi connectivity index (χ0v) is 11.0. The molecule has 0 unspecified atom stereocenters. The van der Waals surface area contributed by atoms with Gasteiger partial charge in [-0.05, 0) is 36.4 Å². The van der Waals surface area contributed by atoms with Gasteiger partial charge in [-0.25, -0.2) is 0 Å². The number of nitrogens with one attached hydrogen (secondary N) is 2. The van der Waals surface area contributed by atoms with Gasteiger partial charge in [0, 0.05) is 12.3 Å². The van der Waals surface area contributed by atoms with Crippen molar-refractivity contribution >= 4 is 23.4 Å². The molecular formula is C11H14F3N3OS. The Balaban J connectivity index is 2.54. The first-order valence-electron chi connectivity index (χ1n) is 5.39. The number of aryl methyl sites for hydroxylation is 1. The molecule has 0 saturated heterocycles. The summed E-state index contributed by atoms with van der Waals surface area (Å²) < 4.78 is 35.7. The molecule has 0 aromatic heterocycles. The molecule has 0 saturated carbocycles. The van der Waals surface area contributed by atoms with Crippen molar-refractivity contribution in [2.24, 2.45) is 5.84 Å². The molecule has 106 valence electrons. The first-order chi connectivity index (χ1) is 8.83. The highest BCUT2D eigenvalue weighted by Crippen LogP contribution is 2.29. The van der Waals surface area contributed by atoms with E-state index in [1.165, 1.54) is 0 Å². The number of amides is 1. The summed E-state index contributed by atoms with van der Waals surface area (Å²) in [5.41, 5.74) is -0.251. The molecule has 0 bridgehead atoms. The van der Waals surface area contributed by atoms with Crippen molar-refractivity contribution in [2.75, 3.05) is 17.7 Å². The number of hydrogen-bond acceptors (Lipinski definition) is 4. The molecule has 1 rings (SSSR count). The van der Waals surface area contributed by atoms with E-state index in [1.807, 2.05) is 6.92 Å². The van der Waals surface area contributed by atoms with E-state index < -0.39 is 11.4 Å². The number of nitrogen functional groups attached to an aromatic ring is 1. The van der Waals surface area contributed by atoms with E-state index in [1.54, 1.807) is 18.2 Å². The van der Waals surface area contributed by atoms with Crippen LogP contribution < -0.4 is 16.6 Å². The number of alkyl halides is 3. The molecule has 0 aliphatic carbocycles. The predicted octanol–water partition coefficient (Wildman–Crippen LogP) is 2.26. The van der Waals surface area contributed by atoms with Crippen LogP contribution in [-0.4, -0.2) is 23.7 Å². The van der Waals surface area contributed by atoms with E-state index >= 15 is 0 Å². The Morgan fingerprint density at radius 1 is 1.42 bits per heavy atom. The van der Waals surface area contributed by atoms with Crippen LogP contribution in [0.3, 0.4) is 0 Å². The van der Waals surface area contributed by atoms with Crippen LogP contribution in [0.15, 0.2) is 18.2 Å². The molecule has 0 heterocycles. The highest BCUT2D eigenvalue weighted by atomic mass is 32.2. The van der Waals surface area contributed by atoms with Gasteiger partial charge in [0.15, 0.2) is 0 Å². The number of carbonyl (C=O) groups excluding carboxylic acids is 1. The van der Waals surface area contributed by atoms with Crippen molar-refractivity contribution in [3.8, 4) is 0 Å². The molecule has 0 aliphatic rings. The van der Waals surface area contributed by atoms with Crippen molar-refractivity contribution in [3.63, 3.8) is 0 Å². The van der Waals surface area contributed by atoms with Crippen LogP contribution in [-0.2, 0) is 0 Å². The normalized spacial score (nSPS) is 11.2. The average molecular weight is 293 g/mol. The van der Waals surface area contributed by atoms with Gasteiger partial charge in [-0.3, -0.25) is 10.6 Å². The number of nitrogens with two attached hydrogens (primary N) is 1. The second-order valence-electron chi connectivity index (χ2n) is 3.74. The van der Waals surface area contributed by atoms with Gasteiger partial charge in [0.05, 0.1) is 11.3 Å². The summed E-state index contributed by atoms with van der Waals surface area (Å²) in [6.45, 7) is 1.77. The van der Waals surface area contributed by atoms with Gasteiger partial charge >= 0.3 is 5.51 Å². The first-order valence-corrected chi connectivity index (χ1v) is 6.38. The third kappa shape index (κ3) is 5.39. The van der Waals surface area contributed by atoms with Crippen LogP contribution in [0.25, 0.3) is 0 Å². The van der Waals surface area contributed by atoms with Gasteiger partial charge in [0.2, 0.25) is 0 Å². The molecule has 4 nitrogen and oxygen atoms in total. The fourth-order valence-electron chi connectivity index (χ4n) is 1.40. The average Bonchev–Trinajstić information content (AvgIpc) is 2.33. The van der Waals surface area contributed by atoms with Crippen LogP contribution in [0.1, 0.15) is 15.9 Å². The minimum absolute atomic E-state index is 0.0686. The monoisotopic (exact) mass is 293 g/mol. The third-order valence-electron chi connectivity index (χ3n) is 2.23. The smallest absolute Gasteiger partial charge is 0.351 e. The van der Waals surface area contributed by atoms with E-state index in [4.69, 9.17) is 5.84 Å². The molecule has 1 amide bonds. The van der Waals surface area contributed by atoms with Crippen LogP contribution in [0.2, 0.25) is 0 Å². The van der Waals surface area contributed by atoms with Gasteiger partial charge in [-0.2, -0.15) is 13.2 Å². The van der Waals surface area contributed by atoms with E-state index in [0.29, 0.717) is 11.3 Å². The van der Waals surface area contributed by atoms with Crippen LogP contribution in [0, 0.1) is 6.92 Å². The first kappa shape index (κ1) is 15.6. The molecule has 0 atom stereocenters. The number of hydrazine groups is 1. The van der Waals surface area contributed by atoms with E-state index in [2.05, 4.69) is 10.7 Å². The molecule has 4 N–H and O–H groups in total. The zero-order chi connectivity index (χ0) is 14.5. The molecule has 0 fully saturated rings. The van der Waals surface area contributed by atoms with Gasteiger partial charge in [-0.15, -0.1) is 0 Å². The Morgan fingerprint density at radius 3 is 2.68 bits per heavy atom. The van der Waals surface area contributed by atoms with Gasteiger partial charge < -0.3 is 10.7 Å². The highest BCUT2D eigenvalue weighted by Gasteiger charge is 2.27. The lowest BCUT2D eigenvalue weighted by atomic mass is 10.1. The van der Waals surface area contributed by atoms with E-state index in [0.717, 1.165) is 5.56 Å². The SMILES string of the molecule is Cc1ccc(C(=O)NCCSC(F)(F)F)c(NN)c1. The second kappa shape index (κ2) is 6.67. The molecular weight excluding hydrogens is 279 g/mol. The summed E-state index contributed by atoms with van der Waals surface area (Å²) in [5.74, 6) is 4.59. The Labute approximate surface area is 112 Å². The Morgan fingerprint density at radius 2 is 2.11 bits per heavy atom. The van der Waals surface area contributed by atoms with Crippen molar-refractivity contribution < 1.29 is 18.0 Å². The summed E-state index contributed by atoms with van der Waals surface area (Å²) >= 11 is -0.172. The number of hydrogen-bond donors (Lipinski definition) is 3. The molecule has 8 heteroatoms. The third-order valence-corrected chi connectivity index (χ3v) is 2.96. The summed E-state index contributed by atoms with van der Waals surface area (Å²) in [6, 6.07) is 4.97. The lowest BCUT2D eigenvalue weighted by Gasteiger charge is -2.11. The number of rotatable bonds is 5. The maximum absolute atomic E-state index is 11.9. The van der Waals surface area contributed by atoms with Crippen LogP contribution in [0.4, 0.5) is 18.9 Å². The Hall–Kier alpha value is -1.41. The molecule has 0 radical (unpaired) electrons. The largest absolute Gasteiger partial charge is 0.441 e. The standard InChI is InChI=1S/C11H14F3N3OS/c1-7-2-3-8(9(6-7)17-15)10(18)16-4-5-19-11(12,13)14/h2-3,6,17H,4-5,15H2,1H3,(H,16,18). The van der Waals surface area contributed by atoms with Crippen LogP contribution in [0.5, 0.6) is 0 Å².